The van der Waals surface area contributed by atoms with E-state index >= 15 is 0 Å². The molecule has 0 bridgehead atoms. The molecule has 0 spiro atoms. The van der Waals surface area contributed by atoms with Crippen LogP contribution in [0.2, 0.25) is 0 Å². The number of anilines is 3. The molecule has 0 unspecified atom stereocenters. The van der Waals surface area contributed by atoms with Crippen LogP contribution in [-0.2, 0) is 29.0 Å². The number of rotatable bonds is 19. The van der Waals surface area contributed by atoms with E-state index in [0.717, 1.165) is 12.0 Å². The first-order chi connectivity index (χ1) is 21.6. The van der Waals surface area contributed by atoms with Crippen LogP contribution in [0.1, 0.15) is 27.0 Å². The number of hydrogen-bond donors (Lipinski definition) is 5. The van der Waals surface area contributed by atoms with E-state index in [1.807, 2.05) is 30.3 Å². The third kappa shape index (κ3) is 11.2. The minimum atomic E-state index is -0.303. The van der Waals surface area contributed by atoms with E-state index in [-0.39, 0.29) is 18.3 Å². The molecular weight excluding hydrogens is 563 g/mol. The number of carbonyl (C=O) groups excluding carboxylic acids is 1. The topological polar surface area (TPSA) is 148 Å². The number of halogens is 1. The van der Waals surface area contributed by atoms with E-state index in [0.29, 0.717) is 81.6 Å². The minimum Gasteiger partial charge on any atom is -0.378 e. The van der Waals surface area contributed by atoms with Crippen molar-refractivity contribution in [1.82, 2.24) is 20.3 Å². The third-order valence-corrected chi connectivity index (χ3v) is 6.40. The number of benzene rings is 3. The summed E-state index contributed by atoms with van der Waals surface area (Å²) in [5, 5.41) is 12.4. The van der Waals surface area contributed by atoms with E-state index < -0.39 is 0 Å². The number of hydrogen-bond acceptors (Lipinski definition) is 10. The van der Waals surface area contributed by atoms with Crippen molar-refractivity contribution in [2.45, 2.75) is 19.5 Å². The van der Waals surface area contributed by atoms with Gasteiger partial charge in [-0.2, -0.15) is 15.0 Å². The molecular formula is C32H39FN8O3. The van der Waals surface area contributed by atoms with Crippen molar-refractivity contribution in [2.75, 3.05) is 62.0 Å². The monoisotopic (exact) mass is 602 g/mol. The Labute approximate surface area is 256 Å². The zero-order valence-electron chi connectivity index (χ0n) is 24.6. The standard InChI is InChI=1S/C32H39FN8O3/c33-28-9-5-4-8-27(28)23-38-32-40-30(36-16-14-24-6-2-1-3-7-24)39-31(41-32)37-22-25-10-12-26(13-11-25)29(42)35-17-19-44-21-20-43-18-15-34/h1-13H,14-23,34H2,(H,35,42)(H3,36,37,38,39,40,41). The predicted molar refractivity (Wildman–Crippen MR) is 169 cm³/mol. The predicted octanol–water partition coefficient (Wildman–Crippen LogP) is 3.61. The van der Waals surface area contributed by atoms with Crippen molar-refractivity contribution in [3.8, 4) is 0 Å². The van der Waals surface area contributed by atoms with E-state index in [1.165, 1.54) is 11.6 Å². The average molecular weight is 603 g/mol. The highest BCUT2D eigenvalue weighted by atomic mass is 19.1. The number of nitrogens with two attached hydrogens (primary N) is 1. The Balaban J connectivity index is 1.30. The van der Waals surface area contributed by atoms with Crippen molar-refractivity contribution >= 4 is 23.8 Å². The van der Waals surface area contributed by atoms with E-state index in [1.54, 1.807) is 30.3 Å². The molecule has 1 amide bonds. The Kier molecular flexibility index (Phi) is 13.3. The van der Waals surface area contributed by atoms with Crippen LogP contribution in [-0.4, -0.2) is 66.9 Å². The molecule has 1 heterocycles. The minimum absolute atomic E-state index is 0.179. The molecule has 44 heavy (non-hydrogen) atoms. The van der Waals surface area contributed by atoms with Gasteiger partial charge in [0, 0.05) is 43.9 Å². The number of amides is 1. The van der Waals surface area contributed by atoms with Crippen molar-refractivity contribution in [3.63, 3.8) is 0 Å². The Morgan fingerprint density at radius 3 is 2.02 bits per heavy atom. The van der Waals surface area contributed by atoms with E-state index in [9.17, 15) is 9.18 Å². The molecule has 232 valence electrons. The van der Waals surface area contributed by atoms with E-state index in [4.69, 9.17) is 15.2 Å². The van der Waals surface area contributed by atoms with Crippen LogP contribution >= 0.6 is 0 Å². The van der Waals surface area contributed by atoms with Crippen LogP contribution in [0.15, 0.2) is 78.9 Å². The summed E-state index contributed by atoms with van der Waals surface area (Å²) in [6.45, 7) is 3.96. The van der Waals surface area contributed by atoms with Crippen molar-refractivity contribution in [2.24, 2.45) is 5.73 Å². The fourth-order valence-corrected chi connectivity index (χ4v) is 4.09. The first-order valence-electron chi connectivity index (χ1n) is 14.6. The summed E-state index contributed by atoms with van der Waals surface area (Å²) in [4.78, 5) is 25.9. The lowest BCUT2D eigenvalue weighted by Gasteiger charge is -2.12. The molecule has 4 rings (SSSR count). The Morgan fingerprint density at radius 2 is 1.32 bits per heavy atom. The molecule has 0 saturated carbocycles. The lowest BCUT2D eigenvalue weighted by Crippen LogP contribution is -2.27. The average Bonchev–Trinajstić information content (AvgIpc) is 3.05. The maximum Gasteiger partial charge on any atom is 0.251 e. The molecule has 0 aliphatic heterocycles. The first-order valence-corrected chi connectivity index (χ1v) is 14.6. The highest BCUT2D eigenvalue weighted by Gasteiger charge is 2.09. The van der Waals surface area contributed by atoms with Crippen LogP contribution in [0.5, 0.6) is 0 Å². The fourth-order valence-electron chi connectivity index (χ4n) is 4.09. The molecule has 0 aliphatic rings. The summed E-state index contributed by atoms with van der Waals surface area (Å²) >= 11 is 0. The largest absolute Gasteiger partial charge is 0.378 e. The molecule has 0 fully saturated rings. The quantitative estimate of drug-likeness (QED) is 0.101. The van der Waals surface area contributed by atoms with Gasteiger partial charge < -0.3 is 36.5 Å². The van der Waals surface area contributed by atoms with Gasteiger partial charge in [0.25, 0.3) is 5.91 Å². The second kappa shape index (κ2) is 18.1. The lowest BCUT2D eigenvalue weighted by molar-refractivity contribution is 0.0511. The number of nitrogens with one attached hydrogen (secondary N) is 4. The van der Waals surface area contributed by atoms with Crippen LogP contribution in [0, 0.1) is 5.82 Å². The molecule has 0 atom stereocenters. The summed E-state index contributed by atoms with van der Waals surface area (Å²) < 4.78 is 24.8. The van der Waals surface area contributed by atoms with E-state index in [2.05, 4.69) is 48.4 Å². The molecule has 0 radical (unpaired) electrons. The van der Waals surface area contributed by atoms with Crippen molar-refractivity contribution < 1.29 is 18.7 Å². The Bertz CT molecular complexity index is 1430. The van der Waals surface area contributed by atoms with Crippen LogP contribution < -0.4 is 27.0 Å². The number of nitrogens with zero attached hydrogens (tertiary/aromatic N) is 3. The van der Waals surface area contributed by atoms with Gasteiger partial charge >= 0.3 is 0 Å². The van der Waals surface area contributed by atoms with Gasteiger partial charge in [-0.3, -0.25) is 4.79 Å². The zero-order valence-corrected chi connectivity index (χ0v) is 24.6. The summed E-state index contributed by atoms with van der Waals surface area (Å²) in [5.74, 6) is 0.582. The van der Waals surface area contributed by atoms with Gasteiger partial charge in [0.1, 0.15) is 5.82 Å². The summed E-state index contributed by atoms with van der Waals surface area (Å²) in [6, 6.07) is 23.9. The molecule has 0 aliphatic carbocycles. The molecule has 3 aromatic carbocycles. The van der Waals surface area contributed by atoms with Crippen LogP contribution in [0.4, 0.5) is 22.2 Å². The maximum absolute atomic E-state index is 14.1. The van der Waals surface area contributed by atoms with Gasteiger partial charge in [0.2, 0.25) is 17.8 Å². The molecule has 1 aromatic heterocycles. The summed E-state index contributed by atoms with van der Waals surface area (Å²) in [7, 11) is 0. The maximum atomic E-state index is 14.1. The third-order valence-electron chi connectivity index (χ3n) is 6.40. The normalized spacial score (nSPS) is 10.8. The van der Waals surface area contributed by atoms with Gasteiger partial charge in [-0.15, -0.1) is 0 Å². The lowest BCUT2D eigenvalue weighted by atomic mass is 10.1. The fraction of sp³-hybridized carbons (Fsp3) is 0.312. The summed E-state index contributed by atoms with van der Waals surface area (Å²) in [6.07, 6.45) is 0.796. The second-order valence-corrected chi connectivity index (χ2v) is 9.73. The van der Waals surface area contributed by atoms with Gasteiger partial charge in [0.15, 0.2) is 0 Å². The molecule has 6 N–H and O–H groups in total. The molecule has 11 nitrogen and oxygen atoms in total. The van der Waals surface area contributed by atoms with Gasteiger partial charge in [-0.05, 0) is 35.7 Å². The number of aromatic nitrogens is 3. The van der Waals surface area contributed by atoms with Crippen molar-refractivity contribution in [1.29, 1.82) is 0 Å². The summed E-state index contributed by atoms with van der Waals surface area (Å²) in [5.41, 5.74) is 8.54. The van der Waals surface area contributed by atoms with Gasteiger partial charge in [-0.25, -0.2) is 4.39 Å². The Morgan fingerprint density at radius 1 is 0.682 bits per heavy atom. The second-order valence-electron chi connectivity index (χ2n) is 9.73. The molecule has 0 saturated heterocycles. The highest BCUT2D eigenvalue weighted by molar-refractivity contribution is 5.94. The smallest absolute Gasteiger partial charge is 0.251 e. The van der Waals surface area contributed by atoms with Crippen molar-refractivity contribution in [3.05, 3.63) is 107 Å². The first kappa shape index (κ1) is 32.3. The Hall–Kier alpha value is -4.65. The zero-order chi connectivity index (χ0) is 30.8. The molecule has 12 heteroatoms. The van der Waals surface area contributed by atoms with Crippen LogP contribution in [0.25, 0.3) is 0 Å². The molecule has 4 aromatic rings. The SMILES string of the molecule is NCCOCCOCCNC(=O)c1ccc(CNc2nc(NCCc3ccccc3)nc(NCc3ccccc3F)n2)cc1. The van der Waals surface area contributed by atoms with Crippen LogP contribution in [0.3, 0.4) is 0 Å². The number of carbonyl (C=O) groups is 1. The highest BCUT2D eigenvalue weighted by Crippen LogP contribution is 2.14. The number of ether oxygens (including phenoxy) is 2. The van der Waals surface area contributed by atoms with Gasteiger partial charge in [-0.1, -0.05) is 60.7 Å². The van der Waals surface area contributed by atoms with Gasteiger partial charge in [0.05, 0.1) is 26.4 Å².